The highest BCUT2D eigenvalue weighted by Gasteiger charge is 2.23. The minimum Gasteiger partial charge on any atom is -0.496 e. The lowest BCUT2D eigenvalue weighted by Crippen LogP contribution is -2.32. The molecule has 0 saturated carbocycles. The molecule has 1 heterocycles. The Morgan fingerprint density at radius 3 is 2.90 bits per heavy atom. The third kappa shape index (κ3) is 3.90. The molecule has 1 aromatic rings. The van der Waals surface area contributed by atoms with Crippen LogP contribution in [0.4, 0.5) is 5.69 Å². The van der Waals surface area contributed by atoms with Crippen LogP contribution in [0, 0.1) is 5.92 Å². The number of hydrogen-bond donors (Lipinski definition) is 1. The van der Waals surface area contributed by atoms with Gasteiger partial charge in [0.05, 0.1) is 12.7 Å². The number of anilines is 1. The predicted molar refractivity (Wildman–Crippen MR) is 85.6 cm³/mol. The number of nitrogen functional groups attached to an aromatic ring is 1. The molecule has 0 bridgehead atoms. The summed E-state index contributed by atoms with van der Waals surface area (Å²) in [6.07, 6.45) is 5.90. The van der Waals surface area contributed by atoms with Gasteiger partial charge in [-0.05, 0) is 43.4 Å². The van der Waals surface area contributed by atoms with Crippen molar-refractivity contribution in [1.82, 2.24) is 4.90 Å². The smallest absolute Gasteiger partial charge is 0.257 e. The van der Waals surface area contributed by atoms with Gasteiger partial charge in [0.15, 0.2) is 0 Å². The monoisotopic (exact) mass is 290 g/mol. The van der Waals surface area contributed by atoms with Crippen LogP contribution in [0.15, 0.2) is 18.2 Å². The average molecular weight is 290 g/mol. The first-order chi connectivity index (χ1) is 10.2. The summed E-state index contributed by atoms with van der Waals surface area (Å²) in [4.78, 5) is 14.7. The van der Waals surface area contributed by atoms with E-state index < -0.39 is 0 Å². The van der Waals surface area contributed by atoms with Crippen LogP contribution in [0.5, 0.6) is 5.75 Å². The van der Waals surface area contributed by atoms with Gasteiger partial charge in [-0.1, -0.05) is 19.8 Å². The number of ether oxygens (including phenoxy) is 1. The predicted octanol–water partition coefficient (Wildman–Crippen LogP) is 3.32. The summed E-state index contributed by atoms with van der Waals surface area (Å²) >= 11 is 0. The van der Waals surface area contributed by atoms with Crippen molar-refractivity contribution in [2.24, 2.45) is 5.92 Å². The fraction of sp³-hybridized carbons (Fsp3) is 0.588. The van der Waals surface area contributed by atoms with Crippen molar-refractivity contribution in [3.05, 3.63) is 23.8 Å². The number of rotatable bonds is 4. The second kappa shape index (κ2) is 7.34. The number of nitrogens with two attached hydrogens (primary N) is 1. The molecule has 4 heteroatoms. The summed E-state index contributed by atoms with van der Waals surface area (Å²) in [5, 5.41) is 0. The lowest BCUT2D eigenvalue weighted by molar-refractivity contribution is 0.0756. The third-order valence-electron chi connectivity index (χ3n) is 4.29. The molecule has 0 radical (unpaired) electrons. The van der Waals surface area contributed by atoms with E-state index in [1.165, 1.54) is 19.3 Å². The van der Waals surface area contributed by atoms with Gasteiger partial charge in [-0.15, -0.1) is 0 Å². The third-order valence-corrected chi connectivity index (χ3v) is 4.29. The van der Waals surface area contributed by atoms with Gasteiger partial charge in [-0.25, -0.2) is 0 Å². The van der Waals surface area contributed by atoms with Crippen LogP contribution >= 0.6 is 0 Å². The van der Waals surface area contributed by atoms with Gasteiger partial charge in [0.25, 0.3) is 5.91 Å². The molecule has 1 fully saturated rings. The molecule has 116 valence electrons. The molecule has 0 spiro atoms. The molecule has 1 aliphatic rings. The number of carbonyl (C=O) groups excluding carboxylic acids is 1. The van der Waals surface area contributed by atoms with E-state index in [0.717, 1.165) is 31.8 Å². The summed E-state index contributed by atoms with van der Waals surface area (Å²) in [5.41, 5.74) is 6.99. The van der Waals surface area contributed by atoms with E-state index in [1.54, 1.807) is 25.3 Å². The van der Waals surface area contributed by atoms with Gasteiger partial charge in [0.2, 0.25) is 0 Å². The molecular weight excluding hydrogens is 264 g/mol. The molecule has 21 heavy (non-hydrogen) atoms. The molecule has 1 atom stereocenters. The summed E-state index contributed by atoms with van der Waals surface area (Å²) < 4.78 is 5.30. The van der Waals surface area contributed by atoms with E-state index in [1.807, 2.05) is 4.90 Å². The molecule has 1 aliphatic heterocycles. The topological polar surface area (TPSA) is 55.6 Å². The Balaban J connectivity index is 2.11. The first-order valence-corrected chi connectivity index (χ1v) is 7.88. The number of carbonyl (C=O) groups is 1. The second-order valence-electron chi connectivity index (χ2n) is 5.84. The van der Waals surface area contributed by atoms with Crippen LogP contribution in [0.3, 0.4) is 0 Å². The minimum absolute atomic E-state index is 0.0382. The van der Waals surface area contributed by atoms with E-state index in [-0.39, 0.29) is 5.91 Å². The lowest BCUT2D eigenvalue weighted by Gasteiger charge is -2.22. The second-order valence-corrected chi connectivity index (χ2v) is 5.84. The molecule has 0 aliphatic carbocycles. The zero-order valence-electron chi connectivity index (χ0n) is 13.1. The number of likely N-dealkylation sites (tertiary alicyclic amines) is 1. The van der Waals surface area contributed by atoms with Crippen molar-refractivity contribution in [3.8, 4) is 5.75 Å². The van der Waals surface area contributed by atoms with Crippen molar-refractivity contribution < 1.29 is 9.53 Å². The summed E-state index contributed by atoms with van der Waals surface area (Å²) in [7, 11) is 1.59. The van der Waals surface area contributed by atoms with E-state index in [9.17, 15) is 4.79 Å². The maximum atomic E-state index is 12.7. The van der Waals surface area contributed by atoms with Gasteiger partial charge in [0.1, 0.15) is 5.75 Å². The van der Waals surface area contributed by atoms with Crippen LogP contribution < -0.4 is 10.5 Å². The van der Waals surface area contributed by atoms with Gasteiger partial charge < -0.3 is 15.4 Å². The summed E-state index contributed by atoms with van der Waals surface area (Å²) in [5.74, 6) is 1.40. The molecule has 2 N–H and O–H groups in total. The number of amides is 1. The summed E-state index contributed by atoms with van der Waals surface area (Å²) in [6, 6.07) is 5.24. The molecule has 1 aromatic carbocycles. The minimum atomic E-state index is 0.0382. The van der Waals surface area contributed by atoms with Crippen LogP contribution in [0.2, 0.25) is 0 Å². The molecule has 1 saturated heterocycles. The van der Waals surface area contributed by atoms with E-state index in [0.29, 0.717) is 17.0 Å². The first-order valence-electron chi connectivity index (χ1n) is 7.88. The Labute approximate surface area is 127 Å². The van der Waals surface area contributed by atoms with E-state index in [2.05, 4.69) is 6.92 Å². The Kier molecular flexibility index (Phi) is 5.48. The van der Waals surface area contributed by atoms with Crippen LogP contribution in [-0.2, 0) is 0 Å². The molecule has 4 nitrogen and oxygen atoms in total. The van der Waals surface area contributed by atoms with Crippen LogP contribution in [0.25, 0.3) is 0 Å². The Hall–Kier alpha value is -1.71. The highest BCUT2D eigenvalue weighted by Crippen LogP contribution is 2.26. The van der Waals surface area contributed by atoms with Gasteiger partial charge in [-0.2, -0.15) is 0 Å². The van der Waals surface area contributed by atoms with Gasteiger partial charge >= 0.3 is 0 Å². The number of benzene rings is 1. The Bertz CT molecular complexity index is 488. The highest BCUT2D eigenvalue weighted by atomic mass is 16.5. The van der Waals surface area contributed by atoms with E-state index >= 15 is 0 Å². The number of methoxy groups -OCH3 is 1. The zero-order valence-corrected chi connectivity index (χ0v) is 13.1. The van der Waals surface area contributed by atoms with Gasteiger partial charge in [0, 0.05) is 18.8 Å². The lowest BCUT2D eigenvalue weighted by atomic mass is 9.96. The average Bonchev–Trinajstić information content (AvgIpc) is 2.72. The van der Waals surface area contributed by atoms with Crippen molar-refractivity contribution in [2.75, 3.05) is 25.9 Å². The Morgan fingerprint density at radius 1 is 1.38 bits per heavy atom. The van der Waals surface area contributed by atoms with Crippen molar-refractivity contribution in [3.63, 3.8) is 0 Å². The van der Waals surface area contributed by atoms with Crippen LogP contribution in [-0.4, -0.2) is 31.0 Å². The number of hydrogen-bond acceptors (Lipinski definition) is 3. The van der Waals surface area contributed by atoms with Crippen molar-refractivity contribution >= 4 is 11.6 Å². The molecule has 1 amide bonds. The first kappa shape index (κ1) is 15.7. The standard InChI is InChI=1S/C17H26N2O2/c1-3-5-13-6-4-10-19(11-9-13)17(20)15-12-14(18)7-8-16(15)21-2/h7-8,12-13H,3-6,9-11,18H2,1-2H3. The molecule has 0 aromatic heterocycles. The summed E-state index contributed by atoms with van der Waals surface area (Å²) in [6.45, 7) is 3.89. The number of nitrogens with zero attached hydrogens (tertiary/aromatic N) is 1. The fourth-order valence-corrected chi connectivity index (χ4v) is 3.13. The van der Waals surface area contributed by atoms with Crippen molar-refractivity contribution in [2.45, 2.75) is 39.0 Å². The molecule has 2 rings (SSSR count). The fourth-order valence-electron chi connectivity index (χ4n) is 3.13. The SMILES string of the molecule is CCCC1CCCN(C(=O)c2cc(N)ccc2OC)CC1. The zero-order chi connectivity index (χ0) is 15.2. The normalized spacial score (nSPS) is 19.1. The molecular formula is C17H26N2O2. The largest absolute Gasteiger partial charge is 0.496 e. The highest BCUT2D eigenvalue weighted by molar-refractivity contribution is 5.97. The maximum absolute atomic E-state index is 12.7. The van der Waals surface area contributed by atoms with E-state index in [4.69, 9.17) is 10.5 Å². The van der Waals surface area contributed by atoms with Gasteiger partial charge in [-0.3, -0.25) is 4.79 Å². The maximum Gasteiger partial charge on any atom is 0.257 e. The quantitative estimate of drug-likeness (QED) is 0.865. The Morgan fingerprint density at radius 2 is 2.19 bits per heavy atom. The molecule has 1 unspecified atom stereocenters. The van der Waals surface area contributed by atoms with Crippen molar-refractivity contribution in [1.29, 1.82) is 0 Å². The van der Waals surface area contributed by atoms with Crippen LogP contribution in [0.1, 0.15) is 49.4 Å².